The van der Waals surface area contributed by atoms with Crippen molar-refractivity contribution in [3.8, 4) is 11.8 Å². The molecule has 1 aliphatic heterocycles. The highest BCUT2D eigenvalue weighted by atomic mass is 16.5. The van der Waals surface area contributed by atoms with Gasteiger partial charge in [-0.05, 0) is 36.5 Å². The second-order valence-electron chi connectivity index (χ2n) is 5.86. The van der Waals surface area contributed by atoms with Crippen LogP contribution < -0.4 is 4.74 Å². The summed E-state index contributed by atoms with van der Waals surface area (Å²) >= 11 is 0. The zero-order valence-corrected chi connectivity index (χ0v) is 12.0. The molecule has 3 rings (SSSR count). The summed E-state index contributed by atoms with van der Waals surface area (Å²) in [6.07, 6.45) is 7.24. The Bertz CT molecular complexity index is 500. The van der Waals surface area contributed by atoms with Crippen molar-refractivity contribution in [1.82, 2.24) is 4.90 Å². The number of fused-ring (bicyclic) bond motifs is 1. The highest BCUT2D eigenvalue weighted by Crippen LogP contribution is 2.27. The fourth-order valence-corrected chi connectivity index (χ4v) is 3.42. The number of nitrogens with zero attached hydrogens (tertiary/aromatic N) is 2. The summed E-state index contributed by atoms with van der Waals surface area (Å²) in [5, 5.41) is 9.01. The summed E-state index contributed by atoms with van der Waals surface area (Å²) in [4.78, 5) is 2.37. The predicted molar refractivity (Wildman–Crippen MR) is 78.8 cm³/mol. The highest BCUT2D eigenvalue weighted by Gasteiger charge is 2.22. The van der Waals surface area contributed by atoms with Crippen molar-refractivity contribution in [1.29, 1.82) is 5.26 Å². The Morgan fingerprint density at radius 2 is 2.15 bits per heavy atom. The lowest BCUT2D eigenvalue weighted by Crippen LogP contribution is -2.35. The molecule has 0 atom stereocenters. The number of nitriles is 1. The second kappa shape index (κ2) is 6.28. The number of rotatable bonds is 5. The summed E-state index contributed by atoms with van der Waals surface area (Å²) in [6.45, 7) is 2.39. The molecule has 1 aromatic rings. The summed E-state index contributed by atoms with van der Waals surface area (Å²) in [5.74, 6) is 1.05. The number of ether oxygens (including phenoxy) is 1. The molecule has 0 spiro atoms. The van der Waals surface area contributed by atoms with Crippen molar-refractivity contribution in [2.45, 2.75) is 44.6 Å². The Hall–Kier alpha value is -1.53. The molecule has 1 fully saturated rings. The molecule has 20 heavy (non-hydrogen) atoms. The molecule has 1 saturated carbocycles. The second-order valence-corrected chi connectivity index (χ2v) is 5.86. The molecule has 0 N–H and O–H groups in total. The van der Waals surface area contributed by atoms with E-state index in [1.54, 1.807) is 0 Å². The van der Waals surface area contributed by atoms with Gasteiger partial charge >= 0.3 is 0 Å². The Kier molecular flexibility index (Phi) is 4.22. The van der Waals surface area contributed by atoms with Crippen molar-refractivity contribution in [2.75, 3.05) is 19.7 Å². The molecule has 0 amide bonds. The molecular weight excluding hydrogens is 248 g/mol. The third-order valence-corrected chi connectivity index (χ3v) is 4.56. The van der Waals surface area contributed by atoms with Crippen LogP contribution in [0.1, 0.15) is 36.8 Å². The van der Waals surface area contributed by atoms with Crippen molar-refractivity contribution in [2.24, 2.45) is 0 Å². The van der Waals surface area contributed by atoms with E-state index in [2.05, 4.69) is 29.2 Å². The molecule has 0 radical (unpaired) electrons. The highest BCUT2D eigenvalue weighted by molar-refractivity contribution is 5.39. The molecule has 3 heteroatoms. The molecule has 0 bridgehead atoms. The first-order valence-corrected chi connectivity index (χ1v) is 7.72. The maximum atomic E-state index is 9.01. The summed E-state index contributed by atoms with van der Waals surface area (Å²) < 4.78 is 5.55. The minimum absolute atomic E-state index is 0.568. The lowest BCUT2D eigenvalue weighted by molar-refractivity contribution is 0.225. The fourth-order valence-electron chi connectivity index (χ4n) is 3.42. The Morgan fingerprint density at radius 3 is 2.95 bits per heavy atom. The Labute approximate surface area is 121 Å². The monoisotopic (exact) mass is 270 g/mol. The van der Waals surface area contributed by atoms with Gasteiger partial charge in [-0.2, -0.15) is 5.26 Å². The summed E-state index contributed by atoms with van der Waals surface area (Å²) in [7, 11) is 0. The largest absolute Gasteiger partial charge is 0.493 e. The van der Waals surface area contributed by atoms with Gasteiger partial charge in [0, 0.05) is 19.0 Å². The molecule has 106 valence electrons. The molecule has 1 aromatic carbocycles. The van der Waals surface area contributed by atoms with Crippen molar-refractivity contribution in [3.63, 3.8) is 0 Å². The van der Waals surface area contributed by atoms with E-state index in [4.69, 9.17) is 10.00 Å². The predicted octanol–water partition coefficient (Wildman–Crippen LogP) is 2.93. The molecule has 1 aliphatic carbocycles. The quantitative estimate of drug-likeness (QED) is 0.772. The van der Waals surface area contributed by atoms with Gasteiger partial charge in [0.25, 0.3) is 0 Å². The third kappa shape index (κ3) is 2.96. The van der Waals surface area contributed by atoms with Gasteiger partial charge in [0.1, 0.15) is 5.75 Å². The fraction of sp³-hybridized carbons (Fsp3) is 0.588. The van der Waals surface area contributed by atoms with Gasteiger partial charge in [0.05, 0.1) is 19.2 Å². The topological polar surface area (TPSA) is 36.3 Å². The standard InChI is InChI=1S/C17H22N2O/c18-9-11-19(16-3-1-2-4-16)10-7-14-5-6-17-15(13-14)8-12-20-17/h5-6,13,16H,1-4,7-8,10-12H2. The smallest absolute Gasteiger partial charge is 0.122 e. The van der Waals surface area contributed by atoms with Gasteiger partial charge in [-0.3, -0.25) is 4.90 Å². The minimum atomic E-state index is 0.568. The zero-order chi connectivity index (χ0) is 13.8. The van der Waals surface area contributed by atoms with E-state index in [1.807, 2.05) is 0 Å². The van der Waals surface area contributed by atoms with Crippen LogP contribution in [-0.2, 0) is 12.8 Å². The van der Waals surface area contributed by atoms with Crippen molar-refractivity contribution >= 4 is 0 Å². The van der Waals surface area contributed by atoms with Crippen molar-refractivity contribution < 1.29 is 4.74 Å². The normalized spacial score (nSPS) is 18.0. The van der Waals surface area contributed by atoms with E-state index >= 15 is 0 Å². The first-order valence-electron chi connectivity index (χ1n) is 7.72. The molecule has 0 unspecified atom stereocenters. The maximum Gasteiger partial charge on any atom is 0.122 e. The summed E-state index contributed by atoms with van der Waals surface area (Å²) in [6, 6.07) is 9.51. The van der Waals surface area contributed by atoms with Crippen LogP contribution in [0.25, 0.3) is 0 Å². The molecule has 3 nitrogen and oxygen atoms in total. The van der Waals surface area contributed by atoms with Crippen LogP contribution in [0.4, 0.5) is 0 Å². The first-order chi connectivity index (χ1) is 9.86. The van der Waals surface area contributed by atoms with Crippen LogP contribution in [0.5, 0.6) is 5.75 Å². The number of hydrogen-bond donors (Lipinski definition) is 0. The van der Waals surface area contributed by atoms with Gasteiger partial charge in [-0.15, -0.1) is 0 Å². The lowest BCUT2D eigenvalue weighted by atomic mass is 10.1. The van der Waals surface area contributed by atoms with E-state index in [0.717, 1.165) is 31.7 Å². The van der Waals surface area contributed by atoms with E-state index in [1.165, 1.54) is 36.8 Å². The minimum Gasteiger partial charge on any atom is -0.493 e. The molecule has 2 aliphatic rings. The lowest BCUT2D eigenvalue weighted by Gasteiger charge is -2.26. The van der Waals surface area contributed by atoms with Crippen LogP contribution in [0.3, 0.4) is 0 Å². The van der Waals surface area contributed by atoms with Crippen LogP contribution in [0, 0.1) is 11.3 Å². The Balaban J connectivity index is 1.60. The van der Waals surface area contributed by atoms with E-state index in [-0.39, 0.29) is 0 Å². The van der Waals surface area contributed by atoms with Gasteiger partial charge in [-0.25, -0.2) is 0 Å². The molecule has 0 aromatic heterocycles. The molecule has 0 saturated heterocycles. The molecule has 1 heterocycles. The van der Waals surface area contributed by atoms with Crippen molar-refractivity contribution in [3.05, 3.63) is 29.3 Å². The average molecular weight is 270 g/mol. The number of hydrogen-bond acceptors (Lipinski definition) is 3. The van der Waals surface area contributed by atoms with E-state index < -0.39 is 0 Å². The van der Waals surface area contributed by atoms with Gasteiger partial charge in [0.2, 0.25) is 0 Å². The SMILES string of the molecule is N#CCN(CCc1ccc2c(c1)CCO2)C1CCCC1. The van der Waals surface area contributed by atoms with Gasteiger partial charge in [-0.1, -0.05) is 25.0 Å². The summed E-state index contributed by atoms with van der Waals surface area (Å²) in [5.41, 5.74) is 2.71. The van der Waals surface area contributed by atoms with Gasteiger partial charge in [0.15, 0.2) is 0 Å². The van der Waals surface area contributed by atoms with Gasteiger partial charge < -0.3 is 4.74 Å². The van der Waals surface area contributed by atoms with Crippen LogP contribution in [0.15, 0.2) is 18.2 Å². The molecular formula is C17H22N2O. The van der Waals surface area contributed by atoms with Crippen LogP contribution >= 0.6 is 0 Å². The Morgan fingerprint density at radius 1 is 1.30 bits per heavy atom. The van der Waals surface area contributed by atoms with E-state index in [0.29, 0.717) is 12.6 Å². The third-order valence-electron chi connectivity index (χ3n) is 4.56. The van der Waals surface area contributed by atoms with E-state index in [9.17, 15) is 0 Å². The first kappa shape index (κ1) is 13.5. The zero-order valence-electron chi connectivity index (χ0n) is 12.0. The van der Waals surface area contributed by atoms with Crippen LogP contribution in [0.2, 0.25) is 0 Å². The van der Waals surface area contributed by atoms with Crippen LogP contribution in [-0.4, -0.2) is 30.6 Å². The average Bonchev–Trinajstić information content (AvgIpc) is 3.13. The number of benzene rings is 1. The maximum absolute atomic E-state index is 9.01.